The van der Waals surface area contributed by atoms with E-state index in [0.717, 1.165) is 0 Å². The van der Waals surface area contributed by atoms with Crippen LogP contribution in [0.15, 0.2) is 18.2 Å². The highest BCUT2D eigenvalue weighted by molar-refractivity contribution is 6.35. The molecule has 0 saturated carbocycles. The van der Waals surface area contributed by atoms with Gasteiger partial charge in [-0.3, -0.25) is 4.79 Å². The Kier molecular flexibility index (Phi) is 4.73. The fourth-order valence-electron chi connectivity index (χ4n) is 2.19. The molecule has 2 N–H and O–H groups in total. The average molecular weight is 317 g/mol. The lowest BCUT2D eigenvalue weighted by molar-refractivity contribution is -0.143. The van der Waals surface area contributed by atoms with E-state index in [2.05, 4.69) is 5.32 Å². The lowest BCUT2D eigenvalue weighted by Crippen LogP contribution is -2.44. The van der Waals surface area contributed by atoms with Gasteiger partial charge >= 0.3 is 12.0 Å². The highest BCUT2D eigenvalue weighted by Crippen LogP contribution is 2.23. The Labute approximate surface area is 126 Å². The van der Waals surface area contributed by atoms with Crippen LogP contribution >= 0.6 is 23.2 Å². The SMILES string of the molecule is O=C(O)[C@@H]1CCCN(C(=O)Nc2cc(Cl)cc(Cl)c2)C1. The van der Waals surface area contributed by atoms with Crippen molar-refractivity contribution in [2.45, 2.75) is 12.8 Å². The number of carboxylic acid groups (broad SMARTS) is 1. The standard InChI is InChI=1S/C13H14Cl2N2O3/c14-9-4-10(15)6-11(5-9)16-13(20)17-3-1-2-8(7-17)12(18)19/h4-6,8H,1-3,7H2,(H,16,20)(H,18,19)/t8-/m1/s1. The summed E-state index contributed by atoms with van der Waals surface area (Å²) in [5, 5.41) is 12.5. The Morgan fingerprint density at radius 3 is 2.50 bits per heavy atom. The number of likely N-dealkylation sites (tertiary alicyclic amines) is 1. The Morgan fingerprint density at radius 1 is 1.25 bits per heavy atom. The third-order valence-electron chi connectivity index (χ3n) is 3.17. The van der Waals surface area contributed by atoms with E-state index in [0.29, 0.717) is 35.1 Å². The topological polar surface area (TPSA) is 69.6 Å². The first-order valence-corrected chi connectivity index (χ1v) is 6.96. The smallest absolute Gasteiger partial charge is 0.321 e. The second kappa shape index (κ2) is 6.33. The number of carbonyl (C=O) groups excluding carboxylic acids is 1. The van der Waals surface area contributed by atoms with Gasteiger partial charge in [-0.05, 0) is 31.0 Å². The number of aliphatic carboxylic acids is 1. The number of carbonyl (C=O) groups is 2. The monoisotopic (exact) mass is 316 g/mol. The quantitative estimate of drug-likeness (QED) is 0.879. The van der Waals surface area contributed by atoms with Crippen molar-refractivity contribution < 1.29 is 14.7 Å². The number of urea groups is 1. The summed E-state index contributed by atoms with van der Waals surface area (Å²) in [5.74, 6) is -1.37. The molecule has 0 bridgehead atoms. The number of hydrogen-bond acceptors (Lipinski definition) is 2. The van der Waals surface area contributed by atoms with Crippen molar-refractivity contribution in [1.29, 1.82) is 0 Å². The average Bonchev–Trinajstić information content (AvgIpc) is 2.37. The van der Waals surface area contributed by atoms with E-state index in [4.69, 9.17) is 28.3 Å². The van der Waals surface area contributed by atoms with Gasteiger partial charge in [-0.1, -0.05) is 23.2 Å². The number of piperidine rings is 1. The summed E-state index contributed by atoms with van der Waals surface area (Å²) < 4.78 is 0. The molecule has 1 aliphatic rings. The van der Waals surface area contributed by atoms with Crippen LogP contribution in [0.1, 0.15) is 12.8 Å². The summed E-state index contributed by atoms with van der Waals surface area (Å²) in [6.45, 7) is 0.763. The van der Waals surface area contributed by atoms with Gasteiger partial charge in [0.25, 0.3) is 0 Å². The molecule has 2 amide bonds. The number of nitrogens with zero attached hydrogens (tertiary/aromatic N) is 1. The summed E-state index contributed by atoms with van der Waals surface area (Å²) in [7, 11) is 0. The minimum Gasteiger partial charge on any atom is -0.481 e. The molecule has 1 saturated heterocycles. The maximum absolute atomic E-state index is 12.1. The van der Waals surface area contributed by atoms with Gasteiger partial charge in [-0.2, -0.15) is 0 Å². The van der Waals surface area contributed by atoms with E-state index < -0.39 is 11.9 Å². The van der Waals surface area contributed by atoms with E-state index in [1.54, 1.807) is 18.2 Å². The highest BCUT2D eigenvalue weighted by atomic mass is 35.5. The normalized spacial score (nSPS) is 18.7. The molecule has 2 rings (SSSR count). The first kappa shape index (κ1) is 14.9. The molecule has 1 fully saturated rings. The summed E-state index contributed by atoms with van der Waals surface area (Å²) in [5.41, 5.74) is 0.491. The lowest BCUT2D eigenvalue weighted by atomic mass is 9.99. The van der Waals surface area contributed by atoms with Crippen LogP contribution in [0.4, 0.5) is 10.5 Å². The van der Waals surface area contributed by atoms with E-state index in [1.807, 2.05) is 0 Å². The number of anilines is 1. The van der Waals surface area contributed by atoms with Crippen molar-refractivity contribution in [3.05, 3.63) is 28.2 Å². The van der Waals surface area contributed by atoms with E-state index in [1.165, 1.54) is 4.90 Å². The third-order valence-corrected chi connectivity index (χ3v) is 3.61. The fourth-order valence-corrected chi connectivity index (χ4v) is 2.72. The van der Waals surface area contributed by atoms with Crippen molar-refractivity contribution >= 4 is 40.9 Å². The molecule has 1 aromatic rings. The molecule has 1 atom stereocenters. The predicted octanol–water partition coefficient (Wildman–Crippen LogP) is 3.32. The van der Waals surface area contributed by atoms with Gasteiger partial charge < -0.3 is 15.3 Å². The molecular formula is C13H14Cl2N2O3. The van der Waals surface area contributed by atoms with Gasteiger partial charge in [-0.25, -0.2) is 4.79 Å². The van der Waals surface area contributed by atoms with Crippen molar-refractivity contribution in [2.24, 2.45) is 5.92 Å². The zero-order valence-electron chi connectivity index (χ0n) is 10.6. The first-order valence-electron chi connectivity index (χ1n) is 6.20. The van der Waals surface area contributed by atoms with Crippen LogP contribution in [0, 0.1) is 5.92 Å². The van der Waals surface area contributed by atoms with Gasteiger partial charge in [0, 0.05) is 28.8 Å². The Bertz CT molecular complexity index is 516. The molecule has 5 nitrogen and oxygen atoms in total. The van der Waals surface area contributed by atoms with Crippen LogP contribution in [-0.4, -0.2) is 35.1 Å². The molecular weight excluding hydrogens is 303 g/mol. The molecule has 0 aliphatic carbocycles. The van der Waals surface area contributed by atoms with Gasteiger partial charge in [0.15, 0.2) is 0 Å². The Hall–Kier alpha value is -1.46. The molecule has 108 valence electrons. The van der Waals surface area contributed by atoms with Crippen LogP contribution in [0.3, 0.4) is 0 Å². The van der Waals surface area contributed by atoms with Crippen molar-refractivity contribution in [1.82, 2.24) is 4.90 Å². The van der Waals surface area contributed by atoms with Crippen LogP contribution in [0.2, 0.25) is 10.0 Å². The fraction of sp³-hybridized carbons (Fsp3) is 0.385. The lowest BCUT2D eigenvalue weighted by Gasteiger charge is -2.30. The minimum absolute atomic E-state index is 0.218. The molecule has 20 heavy (non-hydrogen) atoms. The molecule has 1 heterocycles. The van der Waals surface area contributed by atoms with E-state index in [-0.39, 0.29) is 12.6 Å². The zero-order valence-corrected chi connectivity index (χ0v) is 12.1. The van der Waals surface area contributed by atoms with Crippen LogP contribution in [0.5, 0.6) is 0 Å². The maximum atomic E-state index is 12.1. The number of carboxylic acids is 1. The second-order valence-corrected chi connectivity index (χ2v) is 5.58. The molecule has 0 radical (unpaired) electrons. The van der Waals surface area contributed by atoms with Crippen LogP contribution < -0.4 is 5.32 Å². The molecule has 1 aliphatic heterocycles. The van der Waals surface area contributed by atoms with Gasteiger partial charge in [0.1, 0.15) is 0 Å². The number of hydrogen-bond donors (Lipinski definition) is 2. The number of nitrogens with one attached hydrogen (secondary N) is 1. The van der Waals surface area contributed by atoms with Gasteiger partial charge in [0.05, 0.1) is 5.92 Å². The minimum atomic E-state index is -0.867. The van der Waals surface area contributed by atoms with E-state index in [9.17, 15) is 9.59 Å². The van der Waals surface area contributed by atoms with Crippen LogP contribution in [0.25, 0.3) is 0 Å². The molecule has 0 unspecified atom stereocenters. The predicted molar refractivity (Wildman–Crippen MR) is 77.4 cm³/mol. The number of rotatable bonds is 2. The van der Waals surface area contributed by atoms with Crippen LogP contribution in [-0.2, 0) is 4.79 Å². The summed E-state index contributed by atoms with van der Waals surface area (Å²) >= 11 is 11.7. The Morgan fingerprint density at radius 2 is 1.90 bits per heavy atom. The second-order valence-electron chi connectivity index (χ2n) is 4.71. The van der Waals surface area contributed by atoms with Gasteiger partial charge in [0.2, 0.25) is 0 Å². The number of halogens is 2. The first-order chi connectivity index (χ1) is 9.45. The molecule has 1 aromatic carbocycles. The van der Waals surface area contributed by atoms with Crippen molar-refractivity contribution in [3.63, 3.8) is 0 Å². The summed E-state index contributed by atoms with van der Waals surface area (Å²) in [6, 6.07) is 4.41. The molecule has 0 aromatic heterocycles. The third kappa shape index (κ3) is 3.77. The Balaban J connectivity index is 2.02. The van der Waals surface area contributed by atoms with Gasteiger partial charge in [-0.15, -0.1) is 0 Å². The molecule has 0 spiro atoms. The number of benzene rings is 1. The summed E-state index contributed by atoms with van der Waals surface area (Å²) in [4.78, 5) is 24.6. The maximum Gasteiger partial charge on any atom is 0.321 e. The molecule has 7 heteroatoms. The highest BCUT2D eigenvalue weighted by Gasteiger charge is 2.28. The van der Waals surface area contributed by atoms with Crippen molar-refractivity contribution in [2.75, 3.05) is 18.4 Å². The summed E-state index contributed by atoms with van der Waals surface area (Å²) in [6.07, 6.45) is 1.28. The largest absolute Gasteiger partial charge is 0.481 e. The number of amides is 2. The van der Waals surface area contributed by atoms with Crippen molar-refractivity contribution in [3.8, 4) is 0 Å². The van der Waals surface area contributed by atoms with E-state index >= 15 is 0 Å². The zero-order chi connectivity index (χ0) is 14.7.